The molecule has 0 unspecified atom stereocenters. The molecular weight excluding hydrogens is 233 g/mol. The van der Waals surface area contributed by atoms with Crippen LogP contribution < -0.4 is 11.1 Å². The largest absolute Gasteiger partial charge is 0.389 e. The molecule has 0 aliphatic heterocycles. The first-order valence-corrected chi connectivity index (χ1v) is 5.95. The number of amides is 1. The first-order chi connectivity index (χ1) is 7.90. The number of alkyl halides is 3. The molecule has 6 heteroatoms. The van der Waals surface area contributed by atoms with E-state index in [1.807, 2.05) is 0 Å². The summed E-state index contributed by atoms with van der Waals surface area (Å²) in [5, 5.41) is 2.68. The number of rotatable bonds is 6. The molecule has 0 aromatic heterocycles. The minimum atomic E-state index is -4.10. The van der Waals surface area contributed by atoms with Gasteiger partial charge in [0, 0.05) is 19.5 Å². The van der Waals surface area contributed by atoms with Crippen LogP contribution in [0.4, 0.5) is 13.2 Å². The fraction of sp³-hybridized carbons (Fsp3) is 0.909. The minimum Gasteiger partial charge on any atom is -0.356 e. The number of carbonyl (C=O) groups is 1. The third-order valence-corrected chi connectivity index (χ3v) is 3.36. The summed E-state index contributed by atoms with van der Waals surface area (Å²) in [6.45, 7) is 0.623. The molecular formula is C11H19F3N2O. The third kappa shape index (κ3) is 4.18. The van der Waals surface area contributed by atoms with Crippen LogP contribution in [0.15, 0.2) is 0 Å². The number of carbonyl (C=O) groups excluding carboxylic acids is 1. The van der Waals surface area contributed by atoms with Gasteiger partial charge in [0.2, 0.25) is 5.91 Å². The van der Waals surface area contributed by atoms with Gasteiger partial charge in [-0.05, 0) is 25.7 Å². The second kappa shape index (κ2) is 5.71. The average molecular weight is 252 g/mol. The van der Waals surface area contributed by atoms with Crippen molar-refractivity contribution in [2.75, 3.05) is 13.1 Å². The van der Waals surface area contributed by atoms with Gasteiger partial charge in [0.25, 0.3) is 0 Å². The Morgan fingerprint density at radius 3 is 2.35 bits per heavy atom. The number of halogens is 3. The Bertz CT molecular complexity index is 256. The molecule has 0 bridgehead atoms. The molecule has 0 spiro atoms. The molecule has 0 aromatic carbocycles. The van der Waals surface area contributed by atoms with E-state index in [-0.39, 0.29) is 12.3 Å². The maximum Gasteiger partial charge on any atom is 0.389 e. The number of nitrogens with one attached hydrogen (secondary N) is 1. The summed E-state index contributed by atoms with van der Waals surface area (Å²) in [6.07, 6.45) is -1.90. The van der Waals surface area contributed by atoms with E-state index in [9.17, 15) is 18.0 Å². The molecule has 0 atom stereocenters. The standard InChI is InChI=1S/C11H19F3N2O/c12-11(13,14)6-1-2-7-16-9(17)10(8-15)4-3-5-10/h1-8,15H2,(H,16,17). The maximum absolute atomic E-state index is 11.8. The van der Waals surface area contributed by atoms with Crippen LogP contribution in [0.1, 0.15) is 38.5 Å². The van der Waals surface area contributed by atoms with Gasteiger partial charge in [-0.2, -0.15) is 13.2 Å². The molecule has 3 nitrogen and oxygen atoms in total. The van der Waals surface area contributed by atoms with Crippen molar-refractivity contribution in [2.24, 2.45) is 11.1 Å². The summed E-state index contributed by atoms with van der Waals surface area (Å²) in [7, 11) is 0. The van der Waals surface area contributed by atoms with Gasteiger partial charge in [-0.1, -0.05) is 6.42 Å². The third-order valence-electron chi connectivity index (χ3n) is 3.36. The highest BCUT2D eigenvalue weighted by molar-refractivity contribution is 5.83. The van der Waals surface area contributed by atoms with Crippen LogP contribution in [0.5, 0.6) is 0 Å². The number of unbranched alkanes of at least 4 members (excludes halogenated alkanes) is 1. The van der Waals surface area contributed by atoms with E-state index >= 15 is 0 Å². The lowest BCUT2D eigenvalue weighted by Crippen LogP contribution is -2.50. The summed E-state index contributed by atoms with van der Waals surface area (Å²) in [5.74, 6) is -0.0988. The molecule has 1 rings (SSSR count). The van der Waals surface area contributed by atoms with E-state index in [1.165, 1.54) is 0 Å². The van der Waals surface area contributed by atoms with Crippen LogP contribution in [0.2, 0.25) is 0 Å². The van der Waals surface area contributed by atoms with Crippen molar-refractivity contribution in [3.05, 3.63) is 0 Å². The van der Waals surface area contributed by atoms with Crippen molar-refractivity contribution in [3.8, 4) is 0 Å². The summed E-state index contributed by atoms with van der Waals surface area (Å²) in [5.41, 5.74) is 5.11. The smallest absolute Gasteiger partial charge is 0.356 e. The van der Waals surface area contributed by atoms with Crippen LogP contribution in [0, 0.1) is 5.41 Å². The first-order valence-electron chi connectivity index (χ1n) is 5.95. The van der Waals surface area contributed by atoms with Gasteiger partial charge in [0.1, 0.15) is 0 Å². The van der Waals surface area contributed by atoms with E-state index in [4.69, 9.17) is 5.73 Å². The van der Waals surface area contributed by atoms with Crippen molar-refractivity contribution in [2.45, 2.75) is 44.7 Å². The Labute approximate surface area is 98.9 Å². The Kier molecular flexibility index (Phi) is 4.80. The molecule has 1 aliphatic carbocycles. The van der Waals surface area contributed by atoms with E-state index in [0.29, 0.717) is 19.5 Å². The predicted octanol–water partition coefficient (Wildman–Crippen LogP) is 1.96. The van der Waals surface area contributed by atoms with E-state index < -0.39 is 18.0 Å². The van der Waals surface area contributed by atoms with Gasteiger partial charge >= 0.3 is 6.18 Å². The zero-order chi connectivity index (χ0) is 12.9. The Balaban J connectivity index is 2.12. The summed E-state index contributed by atoms with van der Waals surface area (Å²) < 4.78 is 35.5. The fourth-order valence-electron chi connectivity index (χ4n) is 1.97. The highest BCUT2D eigenvalue weighted by atomic mass is 19.4. The number of hydrogen-bond donors (Lipinski definition) is 2. The quantitative estimate of drug-likeness (QED) is 0.710. The van der Waals surface area contributed by atoms with Gasteiger partial charge < -0.3 is 11.1 Å². The van der Waals surface area contributed by atoms with Crippen molar-refractivity contribution >= 4 is 5.91 Å². The zero-order valence-electron chi connectivity index (χ0n) is 9.78. The normalized spacial score (nSPS) is 18.6. The molecule has 1 fully saturated rings. The molecule has 3 N–H and O–H groups in total. The van der Waals surface area contributed by atoms with E-state index in [2.05, 4.69) is 5.32 Å². The first kappa shape index (κ1) is 14.3. The molecule has 100 valence electrons. The Hall–Kier alpha value is -0.780. The lowest BCUT2D eigenvalue weighted by molar-refractivity contribution is -0.136. The molecule has 1 saturated carbocycles. The lowest BCUT2D eigenvalue weighted by Gasteiger charge is -2.39. The van der Waals surface area contributed by atoms with Gasteiger partial charge in [-0.15, -0.1) is 0 Å². The molecule has 0 heterocycles. The minimum absolute atomic E-state index is 0.0550. The molecule has 0 saturated heterocycles. The molecule has 17 heavy (non-hydrogen) atoms. The monoisotopic (exact) mass is 252 g/mol. The fourth-order valence-corrected chi connectivity index (χ4v) is 1.97. The van der Waals surface area contributed by atoms with Crippen molar-refractivity contribution in [3.63, 3.8) is 0 Å². The van der Waals surface area contributed by atoms with Crippen molar-refractivity contribution in [1.82, 2.24) is 5.32 Å². The predicted molar refractivity (Wildman–Crippen MR) is 58.3 cm³/mol. The second-order valence-corrected chi connectivity index (χ2v) is 4.67. The van der Waals surface area contributed by atoms with Gasteiger partial charge in [0.05, 0.1) is 5.41 Å². The van der Waals surface area contributed by atoms with Gasteiger partial charge in [-0.25, -0.2) is 0 Å². The van der Waals surface area contributed by atoms with E-state index in [1.54, 1.807) is 0 Å². The number of hydrogen-bond acceptors (Lipinski definition) is 2. The van der Waals surface area contributed by atoms with Crippen LogP contribution >= 0.6 is 0 Å². The molecule has 1 aliphatic rings. The maximum atomic E-state index is 11.8. The summed E-state index contributed by atoms with van der Waals surface area (Å²) in [4.78, 5) is 11.7. The highest BCUT2D eigenvalue weighted by Crippen LogP contribution is 2.39. The van der Waals surface area contributed by atoms with Crippen LogP contribution in [0.25, 0.3) is 0 Å². The number of nitrogens with two attached hydrogens (primary N) is 1. The molecule has 1 amide bonds. The van der Waals surface area contributed by atoms with Crippen molar-refractivity contribution in [1.29, 1.82) is 0 Å². The van der Waals surface area contributed by atoms with Crippen LogP contribution in [0.3, 0.4) is 0 Å². The lowest BCUT2D eigenvalue weighted by atomic mass is 9.68. The molecule has 0 aromatic rings. The Morgan fingerprint density at radius 1 is 1.29 bits per heavy atom. The zero-order valence-corrected chi connectivity index (χ0v) is 9.78. The Morgan fingerprint density at radius 2 is 1.94 bits per heavy atom. The van der Waals surface area contributed by atoms with Crippen molar-refractivity contribution < 1.29 is 18.0 Å². The average Bonchev–Trinajstić information content (AvgIpc) is 2.14. The van der Waals surface area contributed by atoms with E-state index in [0.717, 1.165) is 19.3 Å². The van der Waals surface area contributed by atoms with Crippen LogP contribution in [-0.2, 0) is 4.79 Å². The second-order valence-electron chi connectivity index (χ2n) is 4.67. The topological polar surface area (TPSA) is 55.1 Å². The summed E-state index contributed by atoms with van der Waals surface area (Å²) >= 11 is 0. The van der Waals surface area contributed by atoms with Gasteiger partial charge in [-0.3, -0.25) is 4.79 Å². The summed E-state index contributed by atoms with van der Waals surface area (Å²) in [6, 6.07) is 0. The van der Waals surface area contributed by atoms with Crippen LogP contribution in [-0.4, -0.2) is 25.2 Å². The highest BCUT2D eigenvalue weighted by Gasteiger charge is 2.42. The van der Waals surface area contributed by atoms with Gasteiger partial charge in [0.15, 0.2) is 0 Å². The SMILES string of the molecule is NCC1(C(=O)NCCCCC(F)(F)F)CCC1. The molecule has 0 radical (unpaired) electrons.